The number of likely N-dealkylation sites (tertiary alicyclic amines) is 1. The lowest BCUT2D eigenvalue weighted by Crippen LogP contribution is -2.17. The van der Waals surface area contributed by atoms with E-state index in [1.54, 1.807) is 0 Å². The molecule has 0 saturated carbocycles. The first-order valence-corrected chi connectivity index (χ1v) is 6.50. The van der Waals surface area contributed by atoms with Crippen LogP contribution in [0.2, 0.25) is 0 Å². The molecule has 16 heavy (non-hydrogen) atoms. The maximum atomic E-state index is 5.57. The summed E-state index contributed by atoms with van der Waals surface area (Å²) in [6, 6.07) is 6.18. The van der Waals surface area contributed by atoms with Gasteiger partial charge in [-0.2, -0.15) is 0 Å². The first-order valence-electron chi connectivity index (χ1n) is 5.71. The van der Waals surface area contributed by atoms with Crippen molar-refractivity contribution < 1.29 is 4.42 Å². The Kier molecular flexibility index (Phi) is 2.74. The minimum absolute atomic E-state index is 0.984. The van der Waals surface area contributed by atoms with Crippen LogP contribution in [0.25, 0.3) is 11.0 Å². The number of benzene rings is 1. The van der Waals surface area contributed by atoms with Gasteiger partial charge in [-0.15, -0.1) is 0 Å². The average Bonchev–Trinajstić information content (AvgIpc) is 2.90. The first-order chi connectivity index (χ1) is 7.83. The van der Waals surface area contributed by atoms with E-state index in [1.807, 2.05) is 18.4 Å². The summed E-state index contributed by atoms with van der Waals surface area (Å²) in [5, 5.41) is 1.24. The zero-order valence-electron chi connectivity index (χ0n) is 9.08. The van der Waals surface area contributed by atoms with E-state index < -0.39 is 0 Å². The second-order valence-electron chi connectivity index (χ2n) is 4.38. The van der Waals surface area contributed by atoms with Crippen molar-refractivity contribution in [1.82, 2.24) is 4.90 Å². The molecule has 0 radical (unpaired) electrons. The molecule has 0 aliphatic carbocycles. The lowest BCUT2D eigenvalue weighted by Gasteiger charge is -2.12. The van der Waals surface area contributed by atoms with E-state index in [2.05, 4.69) is 26.9 Å². The van der Waals surface area contributed by atoms with E-state index in [0.717, 1.165) is 16.6 Å². The monoisotopic (exact) mass is 279 g/mol. The topological polar surface area (TPSA) is 16.4 Å². The summed E-state index contributed by atoms with van der Waals surface area (Å²) in [4.78, 5) is 2.49. The summed E-state index contributed by atoms with van der Waals surface area (Å²) in [5.74, 6) is 0. The van der Waals surface area contributed by atoms with Gasteiger partial charge in [0.25, 0.3) is 0 Å². The van der Waals surface area contributed by atoms with Crippen LogP contribution < -0.4 is 0 Å². The van der Waals surface area contributed by atoms with E-state index >= 15 is 0 Å². The van der Waals surface area contributed by atoms with Crippen LogP contribution in [0.5, 0.6) is 0 Å². The maximum Gasteiger partial charge on any atom is 0.134 e. The zero-order valence-corrected chi connectivity index (χ0v) is 10.7. The number of hydrogen-bond donors (Lipinski definition) is 0. The fraction of sp³-hybridized carbons (Fsp3) is 0.385. The Bertz CT molecular complexity index is 500. The van der Waals surface area contributed by atoms with Crippen molar-refractivity contribution in [1.29, 1.82) is 0 Å². The highest BCUT2D eigenvalue weighted by Gasteiger charge is 2.14. The van der Waals surface area contributed by atoms with Gasteiger partial charge in [-0.25, -0.2) is 0 Å². The molecule has 2 heterocycles. The van der Waals surface area contributed by atoms with Crippen molar-refractivity contribution in [3.63, 3.8) is 0 Å². The van der Waals surface area contributed by atoms with E-state index in [0.29, 0.717) is 0 Å². The zero-order chi connectivity index (χ0) is 11.0. The van der Waals surface area contributed by atoms with E-state index in [1.165, 1.54) is 36.9 Å². The standard InChI is InChI=1S/C13H14BrNO/c14-11-3-4-13-12(7-11)10(9-16-13)8-15-5-1-2-6-15/h3-4,7,9H,1-2,5-6,8H2. The van der Waals surface area contributed by atoms with Crippen molar-refractivity contribution in [2.24, 2.45) is 0 Å². The normalized spacial score (nSPS) is 17.3. The Morgan fingerprint density at radius 3 is 2.88 bits per heavy atom. The number of rotatable bonds is 2. The minimum atomic E-state index is 0.984. The lowest BCUT2D eigenvalue weighted by atomic mass is 10.2. The third kappa shape index (κ3) is 1.89. The summed E-state index contributed by atoms with van der Waals surface area (Å²) in [5.41, 5.74) is 2.29. The second-order valence-corrected chi connectivity index (χ2v) is 5.30. The molecule has 2 nitrogen and oxygen atoms in total. The van der Waals surface area contributed by atoms with Crippen LogP contribution in [0.4, 0.5) is 0 Å². The number of hydrogen-bond acceptors (Lipinski definition) is 2. The molecule has 84 valence electrons. The Labute approximate surface area is 103 Å². The SMILES string of the molecule is Brc1ccc2occ(CN3CCCC3)c2c1. The molecule has 2 aromatic rings. The van der Waals surface area contributed by atoms with E-state index in [4.69, 9.17) is 4.42 Å². The molecular formula is C13H14BrNO. The summed E-state index contributed by atoms with van der Waals surface area (Å²) in [6.45, 7) is 3.46. The van der Waals surface area contributed by atoms with Crippen LogP contribution in [0.15, 0.2) is 33.4 Å². The third-order valence-electron chi connectivity index (χ3n) is 3.21. The van der Waals surface area contributed by atoms with Gasteiger partial charge < -0.3 is 4.42 Å². The van der Waals surface area contributed by atoms with Gasteiger partial charge in [0, 0.05) is 22.0 Å². The number of fused-ring (bicyclic) bond motifs is 1. The van der Waals surface area contributed by atoms with Crippen molar-refractivity contribution in [2.75, 3.05) is 13.1 Å². The summed E-state index contributed by atoms with van der Waals surface area (Å²) in [7, 11) is 0. The summed E-state index contributed by atoms with van der Waals surface area (Å²) >= 11 is 3.51. The number of furan rings is 1. The molecule has 1 saturated heterocycles. The Morgan fingerprint density at radius 1 is 1.25 bits per heavy atom. The smallest absolute Gasteiger partial charge is 0.134 e. The number of nitrogens with zero attached hydrogens (tertiary/aromatic N) is 1. The van der Waals surface area contributed by atoms with Crippen LogP contribution in [0.3, 0.4) is 0 Å². The molecule has 1 aromatic heterocycles. The van der Waals surface area contributed by atoms with Crippen molar-refractivity contribution in [3.05, 3.63) is 34.5 Å². The quantitative estimate of drug-likeness (QED) is 0.832. The summed E-state index contributed by atoms with van der Waals surface area (Å²) in [6.07, 6.45) is 4.56. The van der Waals surface area contributed by atoms with Crippen LogP contribution in [-0.4, -0.2) is 18.0 Å². The van der Waals surface area contributed by atoms with Crippen molar-refractivity contribution in [3.8, 4) is 0 Å². The van der Waals surface area contributed by atoms with Gasteiger partial charge in [0.05, 0.1) is 6.26 Å². The lowest BCUT2D eigenvalue weighted by molar-refractivity contribution is 0.331. The molecule has 3 heteroatoms. The molecular weight excluding hydrogens is 266 g/mol. The molecule has 0 unspecified atom stereocenters. The largest absolute Gasteiger partial charge is 0.464 e. The third-order valence-corrected chi connectivity index (χ3v) is 3.70. The number of halogens is 1. The highest BCUT2D eigenvalue weighted by Crippen LogP contribution is 2.26. The van der Waals surface area contributed by atoms with Gasteiger partial charge in [0.1, 0.15) is 5.58 Å². The predicted molar refractivity (Wildman–Crippen MR) is 68.4 cm³/mol. The van der Waals surface area contributed by atoms with Crippen LogP contribution >= 0.6 is 15.9 Å². The van der Waals surface area contributed by atoms with Gasteiger partial charge in [0.15, 0.2) is 0 Å². The Balaban J connectivity index is 1.93. The highest BCUT2D eigenvalue weighted by atomic mass is 79.9. The van der Waals surface area contributed by atoms with Crippen LogP contribution in [0, 0.1) is 0 Å². The summed E-state index contributed by atoms with van der Waals surface area (Å²) < 4.78 is 6.68. The van der Waals surface area contributed by atoms with Gasteiger partial charge >= 0.3 is 0 Å². The second kappa shape index (κ2) is 4.22. The molecule has 0 bridgehead atoms. The molecule has 0 amide bonds. The van der Waals surface area contributed by atoms with Crippen molar-refractivity contribution in [2.45, 2.75) is 19.4 Å². The van der Waals surface area contributed by atoms with Gasteiger partial charge in [-0.1, -0.05) is 15.9 Å². The van der Waals surface area contributed by atoms with E-state index in [-0.39, 0.29) is 0 Å². The van der Waals surface area contributed by atoms with Crippen molar-refractivity contribution >= 4 is 26.9 Å². The van der Waals surface area contributed by atoms with Gasteiger partial charge in [0.2, 0.25) is 0 Å². The molecule has 0 atom stereocenters. The molecule has 1 aromatic carbocycles. The van der Waals surface area contributed by atoms with E-state index in [9.17, 15) is 0 Å². The van der Waals surface area contributed by atoms with Crippen LogP contribution in [-0.2, 0) is 6.54 Å². The average molecular weight is 280 g/mol. The molecule has 0 N–H and O–H groups in total. The van der Waals surface area contributed by atoms with Crippen LogP contribution in [0.1, 0.15) is 18.4 Å². The fourth-order valence-electron chi connectivity index (χ4n) is 2.36. The predicted octanol–water partition coefficient (Wildman–Crippen LogP) is 3.79. The Hall–Kier alpha value is -0.800. The van der Waals surface area contributed by atoms with Gasteiger partial charge in [-0.3, -0.25) is 4.90 Å². The molecule has 1 aliphatic rings. The molecule has 3 rings (SSSR count). The molecule has 0 spiro atoms. The maximum absolute atomic E-state index is 5.57. The van der Waals surface area contributed by atoms with Gasteiger partial charge in [-0.05, 0) is 44.1 Å². The Morgan fingerprint density at radius 2 is 2.06 bits per heavy atom. The first kappa shape index (κ1) is 10.4. The highest BCUT2D eigenvalue weighted by molar-refractivity contribution is 9.10. The minimum Gasteiger partial charge on any atom is -0.464 e. The molecule has 1 fully saturated rings. The fourth-order valence-corrected chi connectivity index (χ4v) is 2.72. The molecule has 1 aliphatic heterocycles.